The van der Waals surface area contributed by atoms with Crippen LogP contribution >= 0.6 is 23.6 Å². The Labute approximate surface area is 102 Å². The monoisotopic (exact) mass is 259 g/mol. The van der Waals surface area contributed by atoms with E-state index in [9.17, 15) is 4.79 Å². The van der Waals surface area contributed by atoms with Crippen molar-refractivity contribution in [2.75, 3.05) is 12.3 Å². The van der Waals surface area contributed by atoms with Crippen LogP contribution in [0.5, 0.6) is 0 Å². The Bertz CT molecular complexity index is 460. The van der Waals surface area contributed by atoms with Crippen LogP contribution in [0.2, 0.25) is 0 Å². The fourth-order valence-electron chi connectivity index (χ4n) is 1.76. The molecule has 0 aromatic carbocycles. The summed E-state index contributed by atoms with van der Waals surface area (Å²) >= 11 is 6.31. The number of hydrogen-bond acceptors (Lipinski definition) is 5. The number of carbonyl (C=O) groups excluding carboxylic acids is 1. The molecule has 1 aliphatic heterocycles. The van der Waals surface area contributed by atoms with Crippen molar-refractivity contribution in [3.05, 3.63) is 8.83 Å². The number of rotatable bonds is 3. The van der Waals surface area contributed by atoms with Gasteiger partial charge in [0.25, 0.3) is 5.91 Å². The summed E-state index contributed by atoms with van der Waals surface area (Å²) in [6.07, 6.45) is 2.21. The number of nitrogen functional groups attached to an aromatic ring is 1. The van der Waals surface area contributed by atoms with Gasteiger partial charge in [-0.25, -0.2) is 0 Å². The van der Waals surface area contributed by atoms with Gasteiger partial charge in [0.05, 0.1) is 12.6 Å². The predicted molar refractivity (Wildman–Crippen MR) is 65.0 cm³/mol. The van der Waals surface area contributed by atoms with E-state index < -0.39 is 5.91 Å². The summed E-state index contributed by atoms with van der Waals surface area (Å²) in [6, 6.07) is 0. The van der Waals surface area contributed by atoms with Gasteiger partial charge in [-0.1, -0.05) is 11.3 Å². The third kappa shape index (κ3) is 2.11. The number of primary amides is 1. The van der Waals surface area contributed by atoms with Crippen LogP contribution in [0.15, 0.2) is 0 Å². The summed E-state index contributed by atoms with van der Waals surface area (Å²) in [5.74, 6) is -0.169. The SMILES string of the molecule is NC(=O)c1sc(=S)n(CC2CCCO2)c1N. The van der Waals surface area contributed by atoms with E-state index in [-0.39, 0.29) is 6.10 Å². The quantitative estimate of drug-likeness (QED) is 0.797. The Balaban J connectivity index is 2.26. The van der Waals surface area contributed by atoms with E-state index in [1.807, 2.05) is 0 Å². The van der Waals surface area contributed by atoms with Crippen LogP contribution in [-0.2, 0) is 11.3 Å². The van der Waals surface area contributed by atoms with Crippen molar-refractivity contribution in [2.45, 2.75) is 25.5 Å². The second-order valence-corrected chi connectivity index (χ2v) is 5.34. The summed E-state index contributed by atoms with van der Waals surface area (Å²) < 4.78 is 7.81. The average molecular weight is 259 g/mol. The molecule has 1 atom stereocenters. The van der Waals surface area contributed by atoms with E-state index in [0.717, 1.165) is 30.8 Å². The Hall–Kier alpha value is -0.920. The highest BCUT2D eigenvalue weighted by Gasteiger charge is 2.20. The second kappa shape index (κ2) is 4.52. The molecule has 16 heavy (non-hydrogen) atoms. The molecule has 1 amide bonds. The van der Waals surface area contributed by atoms with Crippen molar-refractivity contribution in [1.82, 2.24) is 4.57 Å². The summed E-state index contributed by atoms with van der Waals surface area (Å²) in [6.45, 7) is 1.39. The summed E-state index contributed by atoms with van der Waals surface area (Å²) in [7, 11) is 0. The predicted octanol–water partition coefficient (Wildman–Crippen LogP) is 1.14. The Morgan fingerprint density at radius 2 is 2.44 bits per heavy atom. The van der Waals surface area contributed by atoms with Crippen molar-refractivity contribution in [2.24, 2.45) is 5.73 Å². The maximum atomic E-state index is 11.1. The maximum Gasteiger partial charge on any atom is 0.262 e. The number of amides is 1. The first-order chi connectivity index (χ1) is 7.59. The zero-order chi connectivity index (χ0) is 11.7. The number of aromatic nitrogens is 1. The van der Waals surface area contributed by atoms with Gasteiger partial charge in [0.2, 0.25) is 0 Å². The van der Waals surface area contributed by atoms with Crippen molar-refractivity contribution in [3.63, 3.8) is 0 Å². The Morgan fingerprint density at radius 3 is 2.94 bits per heavy atom. The molecule has 88 valence electrons. The number of nitrogens with zero attached hydrogens (tertiary/aromatic N) is 1. The van der Waals surface area contributed by atoms with E-state index in [1.54, 1.807) is 4.57 Å². The summed E-state index contributed by atoms with van der Waals surface area (Å²) in [4.78, 5) is 11.4. The van der Waals surface area contributed by atoms with Crippen LogP contribution in [0.25, 0.3) is 0 Å². The molecule has 1 unspecified atom stereocenters. The zero-order valence-electron chi connectivity index (χ0n) is 8.64. The molecule has 2 heterocycles. The maximum absolute atomic E-state index is 11.1. The lowest BCUT2D eigenvalue weighted by Crippen LogP contribution is -2.18. The minimum absolute atomic E-state index is 0.143. The highest BCUT2D eigenvalue weighted by atomic mass is 32.1. The largest absolute Gasteiger partial charge is 0.384 e. The number of anilines is 1. The molecule has 5 nitrogen and oxygen atoms in total. The highest BCUT2D eigenvalue weighted by molar-refractivity contribution is 7.73. The van der Waals surface area contributed by atoms with Gasteiger partial charge in [0.15, 0.2) is 3.95 Å². The van der Waals surface area contributed by atoms with Crippen molar-refractivity contribution < 1.29 is 9.53 Å². The molecule has 1 saturated heterocycles. The van der Waals surface area contributed by atoms with Gasteiger partial charge in [-0.2, -0.15) is 0 Å². The molecule has 7 heteroatoms. The molecule has 1 aliphatic rings. The van der Waals surface area contributed by atoms with Crippen LogP contribution in [0.1, 0.15) is 22.5 Å². The summed E-state index contributed by atoms with van der Waals surface area (Å²) in [5, 5.41) is 0. The lowest BCUT2D eigenvalue weighted by Gasteiger charge is -2.11. The first kappa shape index (κ1) is 11.6. The van der Waals surface area contributed by atoms with Crippen molar-refractivity contribution in [1.29, 1.82) is 0 Å². The fourth-order valence-corrected chi connectivity index (χ4v) is 2.95. The smallest absolute Gasteiger partial charge is 0.262 e. The van der Waals surface area contributed by atoms with Gasteiger partial charge in [-0.05, 0) is 25.1 Å². The van der Waals surface area contributed by atoms with E-state index in [1.165, 1.54) is 0 Å². The van der Waals surface area contributed by atoms with Crippen molar-refractivity contribution in [3.8, 4) is 0 Å². The minimum Gasteiger partial charge on any atom is -0.384 e. The van der Waals surface area contributed by atoms with Gasteiger partial charge in [-0.3, -0.25) is 4.79 Å². The average Bonchev–Trinajstić information content (AvgIpc) is 2.81. The van der Waals surface area contributed by atoms with E-state index in [4.69, 9.17) is 28.4 Å². The molecule has 0 spiro atoms. The van der Waals surface area contributed by atoms with E-state index in [2.05, 4.69) is 0 Å². The highest BCUT2D eigenvalue weighted by Crippen LogP contribution is 2.24. The van der Waals surface area contributed by atoms with Gasteiger partial charge in [-0.15, -0.1) is 0 Å². The molecule has 0 saturated carbocycles. The number of hydrogen-bond donors (Lipinski definition) is 2. The van der Waals surface area contributed by atoms with Crippen LogP contribution in [-0.4, -0.2) is 23.2 Å². The third-order valence-electron chi connectivity index (χ3n) is 2.57. The number of thiazole rings is 1. The van der Waals surface area contributed by atoms with E-state index in [0.29, 0.717) is 21.2 Å². The van der Waals surface area contributed by atoms with Crippen LogP contribution < -0.4 is 11.5 Å². The zero-order valence-corrected chi connectivity index (χ0v) is 10.3. The van der Waals surface area contributed by atoms with Gasteiger partial charge >= 0.3 is 0 Å². The van der Waals surface area contributed by atoms with Crippen LogP contribution in [0.3, 0.4) is 0 Å². The third-order valence-corrected chi connectivity index (χ3v) is 4.05. The topological polar surface area (TPSA) is 83.3 Å². The molecule has 0 bridgehead atoms. The van der Waals surface area contributed by atoms with Crippen molar-refractivity contribution >= 4 is 35.3 Å². The number of ether oxygens (including phenoxy) is 1. The molecular weight excluding hydrogens is 246 g/mol. The molecular formula is C9H13N3O2S2. The Morgan fingerprint density at radius 1 is 1.69 bits per heavy atom. The Kier molecular flexibility index (Phi) is 3.27. The molecule has 4 N–H and O–H groups in total. The lowest BCUT2D eigenvalue weighted by atomic mass is 10.2. The molecule has 2 rings (SSSR count). The number of nitrogens with two attached hydrogens (primary N) is 2. The van der Waals surface area contributed by atoms with E-state index >= 15 is 0 Å². The molecule has 1 aromatic rings. The van der Waals surface area contributed by atoms with Gasteiger partial charge in [0.1, 0.15) is 10.7 Å². The lowest BCUT2D eigenvalue weighted by molar-refractivity contribution is 0.0967. The first-order valence-corrected chi connectivity index (χ1v) is 6.22. The van der Waals surface area contributed by atoms with Crippen LogP contribution in [0.4, 0.5) is 5.82 Å². The normalized spacial score (nSPS) is 20.1. The standard InChI is InChI=1S/C9H13N3O2S2/c10-7-6(8(11)13)16-9(15)12(7)4-5-2-1-3-14-5/h5H,1-4,10H2,(H2,11,13). The molecule has 0 radical (unpaired) electrons. The first-order valence-electron chi connectivity index (χ1n) is 5.00. The second-order valence-electron chi connectivity index (χ2n) is 3.69. The summed E-state index contributed by atoms with van der Waals surface area (Å²) in [5.41, 5.74) is 11.0. The van der Waals surface area contributed by atoms with Crippen LogP contribution in [0, 0.1) is 3.95 Å². The fraction of sp³-hybridized carbons (Fsp3) is 0.556. The minimum atomic E-state index is -0.528. The number of carbonyl (C=O) groups is 1. The molecule has 0 aliphatic carbocycles. The van der Waals surface area contributed by atoms with Gasteiger partial charge in [0, 0.05) is 6.61 Å². The molecule has 1 aromatic heterocycles. The van der Waals surface area contributed by atoms with Gasteiger partial charge < -0.3 is 20.8 Å². The molecule has 1 fully saturated rings.